The van der Waals surface area contributed by atoms with Crippen LogP contribution in [0.25, 0.3) is 10.9 Å². The molecule has 2 aromatic rings. The molecule has 0 amide bonds. The number of nitro groups is 2. The Labute approximate surface area is 115 Å². The number of nitrogens with one attached hydrogen (secondary N) is 1. The summed E-state index contributed by atoms with van der Waals surface area (Å²) in [4.78, 5) is 22.4. The van der Waals surface area contributed by atoms with Crippen molar-refractivity contribution in [2.75, 3.05) is 0 Å². The van der Waals surface area contributed by atoms with E-state index < -0.39 is 27.1 Å². The Kier molecular flexibility index (Phi) is 2.99. The SMILES string of the molecule is O=[N+]([O-])c1[nH]c2cc(Br)c(Br)c([N+](=O)[O-])c2c1O. The standard InChI is InChI=1S/C8H3Br2N3O5/c9-2-1-3-4(6(5(2)10)12(15)16)7(14)8(11-3)13(17)18/h1,11,14H. The monoisotopic (exact) mass is 379 g/mol. The Morgan fingerprint density at radius 1 is 1.22 bits per heavy atom. The number of H-pyrrole nitrogens is 1. The summed E-state index contributed by atoms with van der Waals surface area (Å²) in [6, 6.07) is 1.40. The van der Waals surface area contributed by atoms with Crippen LogP contribution in [-0.2, 0) is 0 Å². The minimum Gasteiger partial charge on any atom is -0.500 e. The molecule has 0 fully saturated rings. The zero-order valence-electron chi connectivity index (χ0n) is 8.31. The Hall–Kier alpha value is -1.68. The van der Waals surface area contributed by atoms with E-state index in [0.29, 0.717) is 4.47 Å². The molecule has 0 radical (unpaired) electrons. The number of hydrogen-bond donors (Lipinski definition) is 2. The molecule has 0 saturated carbocycles. The molecule has 0 spiro atoms. The molecule has 1 aromatic heterocycles. The summed E-state index contributed by atoms with van der Waals surface area (Å²) in [7, 11) is 0. The first kappa shape index (κ1) is 12.8. The molecule has 2 N–H and O–H groups in total. The van der Waals surface area contributed by atoms with Crippen LogP contribution in [0.3, 0.4) is 0 Å². The summed E-state index contributed by atoms with van der Waals surface area (Å²) in [6.45, 7) is 0. The van der Waals surface area contributed by atoms with E-state index in [0.717, 1.165) is 0 Å². The Bertz CT molecular complexity index is 696. The number of fused-ring (bicyclic) bond motifs is 1. The number of hydrogen-bond acceptors (Lipinski definition) is 5. The fourth-order valence-electron chi connectivity index (χ4n) is 1.56. The second-order valence-corrected chi connectivity index (χ2v) is 4.93. The van der Waals surface area contributed by atoms with Gasteiger partial charge in [0.2, 0.25) is 5.75 Å². The highest BCUT2D eigenvalue weighted by molar-refractivity contribution is 9.13. The van der Waals surface area contributed by atoms with Gasteiger partial charge in [-0.15, -0.1) is 0 Å². The number of nitrogens with zero attached hydrogens (tertiary/aromatic N) is 2. The van der Waals surface area contributed by atoms with Gasteiger partial charge in [-0.3, -0.25) is 10.1 Å². The first-order valence-corrected chi connectivity index (χ1v) is 5.94. The van der Waals surface area contributed by atoms with E-state index in [-0.39, 0.29) is 15.4 Å². The average molecular weight is 381 g/mol. The Morgan fingerprint density at radius 3 is 2.33 bits per heavy atom. The van der Waals surface area contributed by atoms with Crippen molar-refractivity contribution >= 4 is 54.3 Å². The first-order chi connectivity index (χ1) is 8.34. The molecule has 2 rings (SSSR count). The maximum atomic E-state index is 11.0. The van der Waals surface area contributed by atoms with E-state index in [9.17, 15) is 25.3 Å². The fraction of sp³-hybridized carbons (Fsp3) is 0. The number of rotatable bonds is 2. The zero-order chi connectivity index (χ0) is 13.6. The van der Waals surface area contributed by atoms with Gasteiger partial charge in [-0.05, 0) is 36.8 Å². The van der Waals surface area contributed by atoms with E-state index in [4.69, 9.17) is 0 Å². The van der Waals surface area contributed by atoms with Crippen LogP contribution in [0.2, 0.25) is 0 Å². The molecule has 94 valence electrons. The predicted octanol–water partition coefficient (Wildman–Crippen LogP) is 3.21. The minimum atomic E-state index is -0.846. The second kappa shape index (κ2) is 4.21. The van der Waals surface area contributed by atoms with Crippen LogP contribution in [0.1, 0.15) is 0 Å². The lowest BCUT2D eigenvalue weighted by Crippen LogP contribution is -1.91. The predicted molar refractivity (Wildman–Crippen MR) is 68.7 cm³/mol. The number of nitro benzene ring substituents is 1. The third kappa shape index (κ3) is 1.73. The van der Waals surface area contributed by atoms with Crippen LogP contribution in [-0.4, -0.2) is 19.9 Å². The molecule has 0 saturated heterocycles. The van der Waals surface area contributed by atoms with Crippen molar-refractivity contribution in [2.24, 2.45) is 0 Å². The Morgan fingerprint density at radius 2 is 1.83 bits per heavy atom. The highest BCUT2D eigenvalue weighted by atomic mass is 79.9. The van der Waals surface area contributed by atoms with Gasteiger partial charge in [0.1, 0.15) is 9.99 Å². The second-order valence-electron chi connectivity index (χ2n) is 3.28. The largest absolute Gasteiger partial charge is 0.500 e. The normalized spacial score (nSPS) is 10.8. The maximum absolute atomic E-state index is 11.0. The van der Waals surface area contributed by atoms with Gasteiger partial charge in [0.15, 0.2) is 5.39 Å². The molecule has 0 aliphatic rings. The smallest absolute Gasteiger partial charge is 0.364 e. The van der Waals surface area contributed by atoms with Gasteiger partial charge >= 0.3 is 5.82 Å². The van der Waals surface area contributed by atoms with Gasteiger partial charge in [0.05, 0.1) is 4.92 Å². The number of aromatic nitrogens is 1. The van der Waals surface area contributed by atoms with Gasteiger partial charge in [-0.1, -0.05) is 0 Å². The van der Waals surface area contributed by atoms with Crippen molar-refractivity contribution < 1.29 is 15.0 Å². The van der Waals surface area contributed by atoms with Crippen LogP contribution in [0.15, 0.2) is 15.0 Å². The highest BCUT2D eigenvalue weighted by Crippen LogP contribution is 2.46. The molecule has 10 heteroatoms. The van der Waals surface area contributed by atoms with Crippen LogP contribution < -0.4 is 0 Å². The molecule has 1 heterocycles. The summed E-state index contributed by atoms with van der Waals surface area (Å²) in [5, 5.41) is 31.1. The molecule has 8 nitrogen and oxygen atoms in total. The van der Waals surface area contributed by atoms with E-state index in [2.05, 4.69) is 36.8 Å². The maximum Gasteiger partial charge on any atom is 0.364 e. The first-order valence-electron chi connectivity index (χ1n) is 4.36. The highest BCUT2D eigenvalue weighted by Gasteiger charge is 2.30. The lowest BCUT2D eigenvalue weighted by Gasteiger charge is -1.99. The lowest BCUT2D eigenvalue weighted by atomic mass is 10.2. The zero-order valence-corrected chi connectivity index (χ0v) is 11.5. The Balaban J connectivity index is 3.00. The van der Waals surface area contributed by atoms with Crippen molar-refractivity contribution in [3.63, 3.8) is 0 Å². The fourth-order valence-corrected chi connectivity index (χ4v) is 2.43. The number of benzene rings is 1. The molecule has 0 unspecified atom stereocenters. The van der Waals surface area contributed by atoms with Gasteiger partial charge in [0.25, 0.3) is 5.69 Å². The van der Waals surface area contributed by atoms with Crippen molar-refractivity contribution in [3.8, 4) is 5.75 Å². The summed E-state index contributed by atoms with van der Waals surface area (Å²) >= 11 is 6.08. The summed E-state index contributed by atoms with van der Waals surface area (Å²) in [5.41, 5.74) is -0.345. The van der Waals surface area contributed by atoms with Gasteiger partial charge in [-0.25, -0.2) is 4.98 Å². The van der Waals surface area contributed by atoms with Crippen LogP contribution >= 0.6 is 31.9 Å². The molecule has 0 aliphatic heterocycles. The number of aromatic amines is 1. The summed E-state index contributed by atoms with van der Waals surface area (Å²) < 4.78 is 0.446. The quantitative estimate of drug-likeness (QED) is 0.611. The number of halogens is 2. The van der Waals surface area contributed by atoms with Crippen LogP contribution in [0, 0.1) is 20.2 Å². The van der Waals surface area contributed by atoms with Crippen molar-refractivity contribution in [2.45, 2.75) is 0 Å². The number of aromatic hydroxyl groups is 1. The molecular formula is C8H3Br2N3O5. The molecule has 0 atom stereocenters. The van der Waals surface area contributed by atoms with Crippen LogP contribution in [0.5, 0.6) is 5.75 Å². The molecular weight excluding hydrogens is 378 g/mol. The van der Waals surface area contributed by atoms with Gasteiger partial charge in [0, 0.05) is 10.5 Å². The third-order valence-electron chi connectivity index (χ3n) is 2.27. The van der Waals surface area contributed by atoms with E-state index in [1.165, 1.54) is 6.07 Å². The van der Waals surface area contributed by atoms with Crippen molar-refractivity contribution in [1.82, 2.24) is 4.98 Å². The lowest BCUT2D eigenvalue weighted by molar-refractivity contribution is -0.390. The van der Waals surface area contributed by atoms with Crippen molar-refractivity contribution in [1.29, 1.82) is 0 Å². The topological polar surface area (TPSA) is 122 Å². The van der Waals surface area contributed by atoms with E-state index in [1.54, 1.807) is 0 Å². The molecule has 0 bridgehead atoms. The molecule has 0 aliphatic carbocycles. The van der Waals surface area contributed by atoms with Crippen molar-refractivity contribution in [3.05, 3.63) is 35.2 Å². The van der Waals surface area contributed by atoms with E-state index in [1.807, 2.05) is 0 Å². The summed E-state index contributed by atoms with van der Waals surface area (Å²) in [6.07, 6.45) is 0. The van der Waals surface area contributed by atoms with Crippen LogP contribution in [0.4, 0.5) is 11.5 Å². The minimum absolute atomic E-state index is 0.0981. The average Bonchev–Trinajstić information content (AvgIpc) is 2.57. The van der Waals surface area contributed by atoms with E-state index >= 15 is 0 Å². The molecule has 1 aromatic carbocycles. The van der Waals surface area contributed by atoms with Gasteiger partial charge < -0.3 is 15.2 Å². The third-order valence-corrected chi connectivity index (χ3v) is 4.23. The molecule has 18 heavy (non-hydrogen) atoms. The van der Waals surface area contributed by atoms with Gasteiger partial charge in [-0.2, -0.15) is 0 Å². The summed E-state index contributed by atoms with van der Waals surface area (Å²) in [5.74, 6) is -1.44.